The maximum atomic E-state index is 11.7. The quantitative estimate of drug-likeness (QED) is 0.561. The van der Waals surface area contributed by atoms with E-state index in [2.05, 4.69) is 5.32 Å². The Morgan fingerprint density at radius 1 is 1.42 bits per heavy atom. The summed E-state index contributed by atoms with van der Waals surface area (Å²) in [5.41, 5.74) is 0. The van der Waals surface area contributed by atoms with Crippen molar-refractivity contribution < 1.29 is 4.79 Å². The molecular formula is C9H16N2O. The van der Waals surface area contributed by atoms with E-state index in [1.54, 1.807) is 0 Å². The van der Waals surface area contributed by atoms with Crippen molar-refractivity contribution in [3.05, 3.63) is 0 Å². The number of carbonyl (C=O) groups excluding carboxylic acids is 1. The number of carbonyl (C=O) groups is 1. The standard InChI is InChI=1S/C9H16N2O/c1-11-8-4-2-3-7(9(11)12)5-10-6-8/h7-8,10H,2-6H2,1H3/t7-,8-/m0/s1. The van der Waals surface area contributed by atoms with Crippen LogP contribution in [-0.4, -0.2) is 37.0 Å². The molecule has 0 unspecified atom stereocenters. The van der Waals surface area contributed by atoms with Crippen molar-refractivity contribution in [2.24, 2.45) is 5.92 Å². The van der Waals surface area contributed by atoms with Gasteiger partial charge in [-0.05, 0) is 12.8 Å². The van der Waals surface area contributed by atoms with Gasteiger partial charge < -0.3 is 10.2 Å². The molecule has 0 spiro atoms. The number of rotatable bonds is 0. The van der Waals surface area contributed by atoms with E-state index in [4.69, 9.17) is 0 Å². The number of nitrogens with zero attached hydrogens (tertiary/aromatic N) is 1. The minimum atomic E-state index is 0.252. The van der Waals surface area contributed by atoms with Crippen LogP contribution >= 0.6 is 0 Å². The Morgan fingerprint density at radius 3 is 3.08 bits per heavy atom. The lowest BCUT2D eigenvalue weighted by atomic mass is 10.0. The highest BCUT2D eigenvalue weighted by molar-refractivity contribution is 5.79. The Morgan fingerprint density at radius 2 is 2.25 bits per heavy atom. The van der Waals surface area contributed by atoms with E-state index in [-0.39, 0.29) is 5.92 Å². The van der Waals surface area contributed by atoms with E-state index >= 15 is 0 Å². The molecule has 68 valence electrons. The number of hydrogen-bond donors (Lipinski definition) is 1. The van der Waals surface area contributed by atoms with Crippen molar-refractivity contribution in [3.63, 3.8) is 0 Å². The SMILES string of the molecule is CN1C(=O)[C@H]2CCC[C@H]1CNC2. The molecule has 0 aromatic rings. The minimum Gasteiger partial charge on any atom is -0.341 e. The van der Waals surface area contributed by atoms with Gasteiger partial charge in [0.15, 0.2) is 0 Å². The molecular weight excluding hydrogens is 152 g/mol. The zero-order valence-corrected chi connectivity index (χ0v) is 7.55. The van der Waals surface area contributed by atoms with Crippen molar-refractivity contribution >= 4 is 5.91 Å². The number of nitrogens with one attached hydrogen (secondary N) is 1. The molecule has 3 nitrogen and oxygen atoms in total. The van der Waals surface area contributed by atoms with Gasteiger partial charge in [-0.15, -0.1) is 0 Å². The van der Waals surface area contributed by atoms with E-state index in [0.29, 0.717) is 11.9 Å². The van der Waals surface area contributed by atoms with Crippen LogP contribution < -0.4 is 5.32 Å². The first-order valence-electron chi connectivity index (χ1n) is 4.76. The van der Waals surface area contributed by atoms with Crippen LogP contribution in [-0.2, 0) is 4.79 Å². The Balaban J connectivity index is 2.22. The third kappa shape index (κ3) is 1.22. The molecule has 2 aliphatic rings. The zero-order valence-electron chi connectivity index (χ0n) is 7.55. The van der Waals surface area contributed by atoms with Crippen molar-refractivity contribution in [3.8, 4) is 0 Å². The Hall–Kier alpha value is -0.570. The van der Waals surface area contributed by atoms with Crippen LogP contribution in [0.15, 0.2) is 0 Å². The zero-order chi connectivity index (χ0) is 8.55. The summed E-state index contributed by atoms with van der Waals surface area (Å²) in [5, 5.41) is 3.35. The second-order valence-corrected chi connectivity index (χ2v) is 3.89. The molecule has 1 amide bonds. The third-order valence-electron chi connectivity index (χ3n) is 3.11. The van der Waals surface area contributed by atoms with Gasteiger partial charge in [0.25, 0.3) is 0 Å². The molecule has 0 aliphatic carbocycles. The lowest BCUT2D eigenvalue weighted by Gasteiger charge is -2.24. The first-order chi connectivity index (χ1) is 5.79. The highest BCUT2D eigenvalue weighted by atomic mass is 16.2. The fourth-order valence-corrected chi connectivity index (χ4v) is 2.24. The summed E-state index contributed by atoms with van der Waals surface area (Å²) < 4.78 is 0. The van der Waals surface area contributed by atoms with Crippen LogP contribution in [0.25, 0.3) is 0 Å². The van der Waals surface area contributed by atoms with Crippen LogP contribution in [0.1, 0.15) is 19.3 Å². The van der Waals surface area contributed by atoms with Gasteiger partial charge in [-0.25, -0.2) is 0 Å². The van der Waals surface area contributed by atoms with E-state index < -0.39 is 0 Å². The maximum absolute atomic E-state index is 11.7. The van der Waals surface area contributed by atoms with Gasteiger partial charge in [0.05, 0.1) is 5.92 Å². The van der Waals surface area contributed by atoms with Crippen molar-refractivity contribution in [1.29, 1.82) is 0 Å². The van der Waals surface area contributed by atoms with Crippen LogP contribution in [0.3, 0.4) is 0 Å². The average Bonchev–Trinajstić information content (AvgIpc) is 2.19. The summed E-state index contributed by atoms with van der Waals surface area (Å²) in [6, 6.07) is 0.449. The van der Waals surface area contributed by atoms with Crippen LogP contribution in [0.4, 0.5) is 0 Å². The topological polar surface area (TPSA) is 32.3 Å². The summed E-state index contributed by atoms with van der Waals surface area (Å²) in [4.78, 5) is 13.7. The Bertz CT molecular complexity index is 179. The van der Waals surface area contributed by atoms with Crippen molar-refractivity contribution in [1.82, 2.24) is 10.2 Å². The van der Waals surface area contributed by atoms with Gasteiger partial charge >= 0.3 is 0 Å². The van der Waals surface area contributed by atoms with Crippen molar-refractivity contribution in [2.45, 2.75) is 25.3 Å². The number of amides is 1. The molecule has 1 N–H and O–H groups in total. The number of likely N-dealkylation sites (N-methyl/N-ethyl adjacent to an activating group) is 1. The largest absolute Gasteiger partial charge is 0.341 e. The molecule has 2 heterocycles. The Kier molecular flexibility index (Phi) is 2.05. The van der Waals surface area contributed by atoms with Gasteiger partial charge in [-0.3, -0.25) is 4.79 Å². The van der Waals surface area contributed by atoms with E-state index in [9.17, 15) is 4.79 Å². The van der Waals surface area contributed by atoms with Crippen LogP contribution in [0, 0.1) is 5.92 Å². The molecule has 2 bridgehead atoms. The first-order valence-corrected chi connectivity index (χ1v) is 4.76. The monoisotopic (exact) mass is 168 g/mol. The first kappa shape index (κ1) is 8.05. The summed E-state index contributed by atoms with van der Waals surface area (Å²) in [6.07, 6.45) is 3.46. The lowest BCUT2D eigenvalue weighted by Crippen LogP contribution is -2.39. The molecule has 12 heavy (non-hydrogen) atoms. The molecule has 0 radical (unpaired) electrons. The van der Waals surface area contributed by atoms with Crippen LogP contribution in [0.2, 0.25) is 0 Å². The van der Waals surface area contributed by atoms with Gasteiger partial charge in [-0.1, -0.05) is 6.42 Å². The fraction of sp³-hybridized carbons (Fsp3) is 0.889. The molecule has 2 fully saturated rings. The summed E-state index contributed by atoms with van der Waals surface area (Å²) in [7, 11) is 1.94. The maximum Gasteiger partial charge on any atom is 0.226 e. The van der Waals surface area contributed by atoms with Gasteiger partial charge in [0.1, 0.15) is 0 Å². The van der Waals surface area contributed by atoms with Gasteiger partial charge in [-0.2, -0.15) is 0 Å². The highest BCUT2D eigenvalue weighted by Crippen LogP contribution is 2.22. The molecule has 3 heteroatoms. The molecule has 2 rings (SSSR count). The minimum absolute atomic E-state index is 0.252. The number of hydrogen-bond acceptors (Lipinski definition) is 2. The molecule has 2 aliphatic heterocycles. The molecule has 2 saturated heterocycles. The molecule has 2 atom stereocenters. The second kappa shape index (κ2) is 3.05. The second-order valence-electron chi connectivity index (χ2n) is 3.89. The average molecular weight is 168 g/mol. The molecule has 0 saturated carbocycles. The third-order valence-corrected chi connectivity index (χ3v) is 3.11. The van der Waals surface area contributed by atoms with Gasteiger partial charge in [0, 0.05) is 26.2 Å². The lowest BCUT2D eigenvalue weighted by molar-refractivity contribution is -0.134. The van der Waals surface area contributed by atoms with Crippen LogP contribution in [0.5, 0.6) is 0 Å². The summed E-state index contributed by atoms with van der Waals surface area (Å²) >= 11 is 0. The smallest absolute Gasteiger partial charge is 0.226 e. The van der Waals surface area contributed by atoms with E-state index in [1.807, 2.05) is 11.9 Å². The number of fused-ring (bicyclic) bond motifs is 3. The van der Waals surface area contributed by atoms with E-state index in [1.165, 1.54) is 12.8 Å². The molecule has 0 aromatic carbocycles. The highest BCUT2D eigenvalue weighted by Gasteiger charge is 2.32. The summed E-state index contributed by atoms with van der Waals surface area (Å²) in [6.45, 7) is 1.87. The fourth-order valence-electron chi connectivity index (χ4n) is 2.24. The summed E-state index contributed by atoms with van der Waals surface area (Å²) in [5.74, 6) is 0.602. The molecule has 0 aromatic heterocycles. The van der Waals surface area contributed by atoms with Gasteiger partial charge in [0.2, 0.25) is 5.91 Å². The van der Waals surface area contributed by atoms with Crippen molar-refractivity contribution in [2.75, 3.05) is 20.1 Å². The van der Waals surface area contributed by atoms with E-state index in [0.717, 1.165) is 19.5 Å². The Labute approximate surface area is 73.1 Å². The normalized spacial score (nSPS) is 36.4. The predicted molar refractivity (Wildman–Crippen MR) is 46.8 cm³/mol. The predicted octanol–water partition coefficient (Wildman–Crippen LogP) is 0.217.